The van der Waals surface area contributed by atoms with E-state index >= 15 is 0 Å². The van der Waals surface area contributed by atoms with Crippen LogP contribution in [0.2, 0.25) is 0 Å². The molecule has 2 fully saturated rings. The van der Waals surface area contributed by atoms with E-state index in [1.807, 2.05) is 6.92 Å². The van der Waals surface area contributed by atoms with Crippen LogP contribution in [0.5, 0.6) is 0 Å². The van der Waals surface area contributed by atoms with Crippen molar-refractivity contribution in [2.75, 3.05) is 19.7 Å². The van der Waals surface area contributed by atoms with E-state index in [0.29, 0.717) is 44.5 Å². The van der Waals surface area contributed by atoms with E-state index < -0.39 is 17.8 Å². The largest absolute Gasteiger partial charge is 0.416 e. The zero-order valence-corrected chi connectivity index (χ0v) is 14.8. The van der Waals surface area contributed by atoms with E-state index in [2.05, 4.69) is 0 Å². The third kappa shape index (κ3) is 3.60. The van der Waals surface area contributed by atoms with Crippen molar-refractivity contribution in [2.45, 2.75) is 51.0 Å². The van der Waals surface area contributed by atoms with Gasteiger partial charge in [-0.2, -0.15) is 13.2 Å². The van der Waals surface area contributed by atoms with Gasteiger partial charge in [-0.05, 0) is 31.4 Å². The summed E-state index contributed by atoms with van der Waals surface area (Å²) >= 11 is 0. The van der Waals surface area contributed by atoms with Crippen molar-refractivity contribution in [3.05, 3.63) is 35.4 Å². The van der Waals surface area contributed by atoms with Gasteiger partial charge in [0, 0.05) is 31.5 Å². The van der Waals surface area contributed by atoms with Crippen molar-refractivity contribution in [3.8, 4) is 0 Å². The first-order chi connectivity index (χ1) is 12.3. The number of carbonyl (C=O) groups is 1. The number of aliphatic hydroxyl groups is 1. The van der Waals surface area contributed by atoms with Crippen LogP contribution >= 0.6 is 0 Å². The van der Waals surface area contributed by atoms with Gasteiger partial charge in [0.1, 0.15) is 0 Å². The monoisotopic (exact) mass is 371 g/mol. The van der Waals surface area contributed by atoms with Crippen LogP contribution in [-0.4, -0.2) is 47.8 Å². The molecule has 1 amide bonds. The lowest BCUT2D eigenvalue weighted by Gasteiger charge is -2.56. The maximum absolute atomic E-state index is 12.8. The Balaban J connectivity index is 1.59. The Kier molecular flexibility index (Phi) is 5.30. The molecular weight excluding hydrogens is 347 g/mol. The molecule has 1 N–H and O–H groups in total. The van der Waals surface area contributed by atoms with Crippen LogP contribution < -0.4 is 0 Å². The van der Waals surface area contributed by atoms with Gasteiger partial charge in [0.05, 0.1) is 24.2 Å². The molecule has 0 radical (unpaired) electrons. The number of piperidine rings is 1. The molecule has 144 valence electrons. The van der Waals surface area contributed by atoms with Gasteiger partial charge in [-0.25, -0.2) is 0 Å². The molecule has 3 rings (SSSR count). The lowest BCUT2D eigenvalue weighted by Crippen LogP contribution is -2.62. The van der Waals surface area contributed by atoms with Gasteiger partial charge in [0.2, 0.25) is 5.91 Å². The Hall–Kier alpha value is -1.60. The van der Waals surface area contributed by atoms with Crippen molar-refractivity contribution in [3.63, 3.8) is 0 Å². The van der Waals surface area contributed by atoms with Crippen LogP contribution in [0.4, 0.5) is 13.2 Å². The van der Waals surface area contributed by atoms with E-state index in [0.717, 1.165) is 12.1 Å². The molecule has 0 unspecified atom stereocenters. The summed E-state index contributed by atoms with van der Waals surface area (Å²) in [5.74, 6) is -0.180. The fraction of sp³-hybridized carbons (Fsp3) is 0.632. The molecule has 1 aliphatic carbocycles. The topological polar surface area (TPSA) is 49.8 Å². The number of hydrogen-bond acceptors (Lipinski definition) is 3. The summed E-state index contributed by atoms with van der Waals surface area (Å²) in [7, 11) is 0. The first-order valence-corrected chi connectivity index (χ1v) is 9.00. The smallest absolute Gasteiger partial charge is 0.392 e. The maximum Gasteiger partial charge on any atom is 0.416 e. The Morgan fingerprint density at radius 3 is 2.62 bits per heavy atom. The Labute approximate surface area is 150 Å². The van der Waals surface area contributed by atoms with Crippen molar-refractivity contribution in [2.24, 2.45) is 5.41 Å². The fourth-order valence-electron chi connectivity index (χ4n) is 4.13. The zero-order valence-electron chi connectivity index (χ0n) is 14.8. The highest BCUT2D eigenvalue weighted by Gasteiger charge is 2.56. The highest BCUT2D eigenvalue weighted by molar-refractivity contribution is 5.79. The molecule has 2 aliphatic rings. The average Bonchev–Trinajstić information content (AvgIpc) is 2.61. The second-order valence-electron chi connectivity index (χ2n) is 7.18. The van der Waals surface area contributed by atoms with E-state index in [1.165, 1.54) is 6.07 Å². The Bertz CT molecular complexity index is 652. The fourth-order valence-corrected chi connectivity index (χ4v) is 4.13. The molecule has 1 aliphatic heterocycles. The zero-order chi connectivity index (χ0) is 18.9. The van der Waals surface area contributed by atoms with Crippen LogP contribution in [0.25, 0.3) is 0 Å². The number of halogens is 3. The summed E-state index contributed by atoms with van der Waals surface area (Å²) in [6, 6.07) is 4.90. The molecule has 1 spiro atoms. The molecule has 1 aromatic rings. The number of likely N-dealkylation sites (tertiary alicyclic amines) is 1. The van der Waals surface area contributed by atoms with Crippen LogP contribution in [0.3, 0.4) is 0 Å². The molecule has 0 bridgehead atoms. The molecule has 26 heavy (non-hydrogen) atoms. The molecule has 7 heteroatoms. The molecule has 0 aromatic heterocycles. The molecule has 2 atom stereocenters. The van der Waals surface area contributed by atoms with Crippen LogP contribution in [0.1, 0.15) is 37.3 Å². The number of alkyl halides is 3. The second kappa shape index (κ2) is 7.19. The van der Waals surface area contributed by atoms with Gasteiger partial charge in [0.25, 0.3) is 0 Å². The third-order valence-electron chi connectivity index (χ3n) is 5.77. The summed E-state index contributed by atoms with van der Waals surface area (Å²) in [6.45, 7) is 3.51. The number of amides is 1. The summed E-state index contributed by atoms with van der Waals surface area (Å²) < 4.78 is 44.1. The van der Waals surface area contributed by atoms with Crippen molar-refractivity contribution >= 4 is 5.91 Å². The lowest BCUT2D eigenvalue weighted by atomic mass is 9.58. The normalized spacial score (nSPS) is 25.2. The Morgan fingerprint density at radius 2 is 2.04 bits per heavy atom. The van der Waals surface area contributed by atoms with E-state index in [1.54, 1.807) is 11.0 Å². The number of rotatable bonds is 4. The molecule has 1 saturated carbocycles. The predicted molar refractivity (Wildman–Crippen MR) is 89.4 cm³/mol. The van der Waals surface area contributed by atoms with Gasteiger partial charge in [-0.1, -0.05) is 18.2 Å². The minimum atomic E-state index is -4.41. The Morgan fingerprint density at radius 1 is 1.35 bits per heavy atom. The van der Waals surface area contributed by atoms with Crippen LogP contribution in [0, 0.1) is 5.41 Å². The number of carbonyl (C=O) groups excluding carboxylic acids is 1. The van der Waals surface area contributed by atoms with Crippen LogP contribution in [0.15, 0.2) is 24.3 Å². The maximum atomic E-state index is 12.8. The van der Waals surface area contributed by atoms with E-state index in [-0.39, 0.29) is 23.8 Å². The molecule has 1 aromatic carbocycles. The number of ether oxygens (including phenoxy) is 1. The number of hydrogen-bond donors (Lipinski definition) is 1. The minimum absolute atomic E-state index is 0.0308. The molecular formula is C19H24F3NO3. The standard InChI is InChI=1S/C19H24F3NO3/c1-2-26-16-12-15(24)18(16)6-8-23(9-7-18)17(25)11-13-4-3-5-14(10-13)19(20,21)22/h3-5,10,15-16,24H,2,6-9,11-12H2,1H3/t15-,16+/m1/s1. The van der Waals surface area contributed by atoms with Gasteiger partial charge in [-0.15, -0.1) is 0 Å². The summed E-state index contributed by atoms with van der Waals surface area (Å²) in [5.41, 5.74) is -0.651. The van der Waals surface area contributed by atoms with Gasteiger partial charge >= 0.3 is 6.18 Å². The molecule has 1 saturated heterocycles. The molecule has 4 nitrogen and oxygen atoms in total. The van der Waals surface area contributed by atoms with Gasteiger partial charge in [0.15, 0.2) is 0 Å². The molecule has 1 heterocycles. The van der Waals surface area contributed by atoms with E-state index in [9.17, 15) is 23.1 Å². The number of benzene rings is 1. The summed E-state index contributed by atoms with van der Waals surface area (Å²) in [4.78, 5) is 14.2. The highest BCUT2D eigenvalue weighted by Crippen LogP contribution is 2.51. The highest BCUT2D eigenvalue weighted by atomic mass is 19.4. The van der Waals surface area contributed by atoms with Crippen LogP contribution in [-0.2, 0) is 22.1 Å². The SMILES string of the molecule is CCO[C@H]1C[C@@H](O)C12CCN(C(=O)Cc1cccc(C(F)(F)F)c1)CC2. The van der Waals surface area contributed by atoms with E-state index in [4.69, 9.17) is 4.74 Å². The minimum Gasteiger partial charge on any atom is -0.392 e. The first-order valence-electron chi connectivity index (χ1n) is 9.00. The second-order valence-corrected chi connectivity index (χ2v) is 7.18. The number of nitrogens with zero attached hydrogens (tertiary/aromatic N) is 1. The lowest BCUT2D eigenvalue weighted by molar-refractivity contribution is -0.210. The summed E-state index contributed by atoms with van der Waals surface area (Å²) in [5, 5.41) is 10.2. The number of aliphatic hydroxyl groups excluding tert-OH is 1. The quantitative estimate of drug-likeness (QED) is 0.885. The first kappa shape index (κ1) is 19.2. The van der Waals surface area contributed by atoms with Crippen molar-refractivity contribution < 1.29 is 27.8 Å². The van der Waals surface area contributed by atoms with Gasteiger partial charge < -0.3 is 14.7 Å². The average molecular weight is 371 g/mol. The van der Waals surface area contributed by atoms with Gasteiger partial charge in [-0.3, -0.25) is 4.79 Å². The third-order valence-corrected chi connectivity index (χ3v) is 5.77. The van der Waals surface area contributed by atoms with Crippen molar-refractivity contribution in [1.29, 1.82) is 0 Å². The summed E-state index contributed by atoms with van der Waals surface area (Å²) in [6.07, 6.45) is -2.88. The van der Waals surface area contributed by atoms with Crippen molar-refractivity contribution in [1.82, 2.24) is 4.90 Å². The predicted octanol–water partition coefficient (Wildman–Crippen LogP) is 3.03.